The van der Waals surface area contributed by atoms with E-state index in [1.54, 1.807) is 30.0 Å². The number of likely N-dealkylation sites (tertiary alicyclic amines) is 1. The molecule has 3 aromatic rings. The number of nitrogens with zero attached hydrogens (tertiary/aromatic N) is 4. The Morgan fingerprint density at radius 1 is 1.18 bits per heavy atom. The number of imidazole rings is 1. The molecule has 172 valence electrons. The zero-order valence-corrected chi connectivity index (χ0v) is 18.5. The number of fused-ring (bicyclic) bond motifs is 1. The molecule has 5 atom stereocenters. The van der Waals surface area contributed by atoms with Crippen molar-refractivity contribution >= 4 is 0 Å². The third kappa shape index (κ3) is 4.33. The molecule has 0 amide bonds. The highest BCUT2D eigenvalue weighted by Gasteiger charge is 2.54. The number of hydrogen-bond donors (Lipinski definition) is 3. The second-order valence-electron chi connectivity index (χ2n) is 8.87. The Kier molecular flexibility index (Phi) is 6.04. The first-order chi connectivity index (χ1) is 16.1. The van der Waals surface area contributed by atoms with E-state index in [4.69, 9.17) is 9.63 Å². The van der Waals surface area contributed by atoms with Gasteiger partial charge in [0.05, 0.1) is 13.2 Å². The number of benzene rings is 1. The molecule has 0 bridgehead atoms. The van der Waals surface area contributed by atoms with Gasteiger partial charge in [0, 0.05) is 55.1 Å². The zero-order chi connectivity index (χ0) is 22.9. The summed E-state index contributed by atoms with van der Waals surface area (Å²) in [5.74, 6) is 9.56. The summed E-state index contributed by atoms with van der Waals surface area (Å²) in [5, 5.41) is 33.1. The van der Waals surface area contributed by atoms with E-state index in [2.05, 4.69) is 26.9 Å². The Balaban J connectivity index is 1.25. The maximum absolute atomic E-state index is 9.94. The maximum atomic E-state index is 9.94. The number of piperidine rings is 1. The molecule has 8 nitrogen and oxygen atoms in total. The fourth-order valence-electron chi connectivity index (χ4n) is 4.85. The zero-order valence-electron chi connectivity index (χ0n) is 18.5. The first-order valence-corrected chi connectivity index (χ1v) is 11.3. The van der Waals surface area contributed by atoms with Crippen molar-refractivity contribution in [3.8, 4) is 23.2 Å². The van der Waals surface area contributed by atoms with Crippen LogP contribution in [0.15, 0.2) is 47.2 Å². The Labute approximate surface area is 192 Å². The molecule has 0 radical (unpaired) electrons. The van der Waals surface area contributed by atoms with Crippen molar-refractivity contribution in [3.05, 3.63) is 59.8 Å². The smallest absolute Gasteiger partial charge is 0.167 e. The van der Waals surface area contributed by atoms with Crippen LogP contribution >= 0.6 is 0 Å². The summed E-state index contributed by atoms with van der Waals surface area (Å²) in [5.41, 5.74) is 2.40. The van der Waals surface area contributed by atoms with Crippen LogP contribution in [-0.2, 0) is 0 Å². The lowest BCUT2D eigenvalue weighted by Crippen LogP contribution is -2.27. The van der Waals surface area contributed by atoms with Gasteiger partial charge in [0.25, 0.3) is 0 Å². The molecule has 2 aromatic heterocycles. The quantitative estimate of drug-likeness (QED) is 0.472. The number of β-amino-alcohol motifs (C(OH)–C–C–N with tert-alkyl or cyclic N) is 1. The lowest BCUT2D eigenvalue weighted by Gasteiger charge is -2.17. The number of hydrogen-bond acceptors (Lipinski definition) is 7. The standard InChI is InChI=1S/C25H28N4O4/c1-16(32)25-26-8-9-29(25)23(15-31)22-12-24(33-27-22)18-5-2-17(3-6-18)4-7-19-20-13-28(10-11-30)14-21(19)20/h2-3,5-6,8-9,12,16,19-21,23,30-32H,10-11,13-15H2,1H3/t16-,19-,20+,21-,23+/m0/s1. The highest BCUT2D eigenvalue weighted by Crippen LogP contribution is 2.51. The molecular formula is C25H28N4O4. The van der Waals surface area contributed by atoms with Crippen molar-refractivity contribution in [2.75, 3.05) is 32.8 Å². The summed E-state index contributed by atoms with van der Waals surface area (Å²) in [6, 6.07) is 9.18. The summed E-state index contributed by atoms with van der Waals surface area (Å²) in [7, 11) is 0. The van der Waals surface area contributed by atoms with E-state index in [-0.39, 0.29) is 13.2 Å². The van der Waals surface area contributed by atoms with E-state index in [1.165, 1.54) is 0 Å². The molecule has 5 rings (SSSR count). The van der Waals surface area contributed by atoms with Crippen molar-refractivity contribution in [1.29, 1.82) is 0 Å². The summed E-state index contributed by atoms with van der Waals surface area (Å²) >= 11 is 0. The normalized spacial score (nSPS) is 23.6. The van der Waals surface area contributed by atoms with Crippen LogP contribution in [0.3, 0.4) is 0 Å². The monoisotopic (exact) mass is 448 g/mol. The highest BCUT2D eigenvalue weighted by atomic mass is 16.5. The summed E-state index contributed by atoms with van der Waals surface area (Å²) < 4.78 is 7.25. The highest BCUT2D eigenvalue weighted by molar-refractivity contribution is 5.59. The van der Waals surface area contributed by atoms with Gasteiger partial charge in [0.1, 0.15) is 23.7 Å². The van der Waals surface area contributed by atoms with Crippen LogP contribution in [0.4, 0.5) is 0 Å². The molecule has 2 aliphatic rings. The summed E-state index contributed by atoms with van der Waals surface area (Å²) in [6.45, 7) is 4.52. The second-order valence-corrected chi connectivity index (χ2v) is 8.87. The van der Waals surface area contributed by atoms with E-state index in [9.17, 15) is 10.2 Å². The van der Waals surface area contributed by atoms with Crippen molar-refractivity contribution in [1.82, 2.24) is 19.6 Å². The van der Waals surface area contributed by atoms with Gasteiger partial charge in [-0.05, 0) is 43.0 Å². The SMILES string of the molecule is C[C@H](O)c1nccn1[C@H](CO)c1cc(-c2ccc(C#C[C@H]3[C@H]4CN(CCO)C[C@@H]34)cc2)on1. The van der Waals surface area contributed by atoms with E-state index in [0.29, 0.717) is 35.0 Å². The van der Waals surface area contributed by atoms with Gasteiger partial charge in [-0.3, -0.25) is 0 Å². The average Bonchev–Trinajstić information content (AvgIpc) is 3.32. The van der Waals surface area contributed by atoms with E-state index >= 15 is 0 Å². The van der Waals surface area contributed by atoms with Gasteiger partial charge in [-0.2, -0.15) is 0 Å². The summed E-state index contributed by atoms with van der Waals surface area (Å²) in [4.78, 5) is 6.48. The molecular weight excluding hydrogens is 420 g/mol. The molecule has 0 spiro atoms. The van der Waals surface area contributed by atoms with E-state index in [1.807, 2.05) is 24.3 Å². The van der Waals surface area contributed by atoms with Gasteiger partial charge in [0.15, 0.2) is 5.76 Å². The molecule has 1 aliphatic carbocycles. The predicted molar refractivity (Wildman–Crippen MR) is 121 cm³/mol. The lowest BCUT2D eigenvalue weighted by molar-refractivity contribution is 0.173. The van der Waals surface area contributed by atoms with E-state index < -0.39 is 12.1 Å². The van der Waals surface area contributed by atoms with Gasteiger partial charge >= 0.3 is 0 Å². The largest absolute Gasteiger partial charge is 0.395 e. The third-order valence-electron chi connectivity index (χ3n) is 6.69. The van der Waals surface area contributed by atoms with E-state index in [0.717, 1.165) is 30.8 Å². The van der Waals surface area contributed by atoms with Gasteiger partial charge in [-0.1, -0.05) is 17.0 Å². The molecule has 8 heteroatoms. The first kappa shape index (κ1) is 21.9. The second kappa shape index (κ2) is 9.12. The maximum Gasteiger partial charge on any atom is 0.167 e. The fourth-order valence-corrected chi connectivity index (χ4v) is 4.85. The van der Waals surface area contributed by atoms with Crippen LogP contribution in [0.1, 0.15) is 36.2 Å². The molecule has 3 heterocycles. The molecule has 1 aliphatic heterocycles. The molecule has 33 heavy (non-hydrogen) atoms. The van der Waals surface area contributed by atoms with Gasteiger partial charge < -0.3 is 29.3 Å². The fraction of sp³-hybridized carbons (Fsp3) is 0.440. The summed E-state index contributed by atoms with van der Waals surface area (Å²) in [6.07, 6.45) is 2.54. The Bertz CT molecular complexity index is 1150. The van der Waals surface area contributed by atoms with Crippen molar-refractivity contribution in [3.63, 3.8) is 0 Å². The average molecular weight is 449 g/mol. The lowest BCUT2D eigenvalue weighted by atomic mass is 10.1. The van der Waals surface area contributed by atoms with Crippen LogP contribution < -0.4 is 0 Å². The molecule has 3 N–H and O–H groups in total. The molecule has 1 saturated heterocycles. The van der Waals surface area contributed by atoms with Crippen LogP contribution in [0.5, 0.6) is 0 Å². The number of aliphatic hydroxyl groups excluding tert-OH is 3. The topological polar surface area (TPSA) is 108 Å². The Hall–Kier alpha value is -2.96. The molecule has 0 unspecified atom stereocenters. The molecule has 2 fully saturated rings. The minimum absolute atomic E-state index is 0.197. The van der Waals surface area contributed by atoms with Crippen molar-refractivity contribution < 1.29 is 19.8 Å². The predicted octanol–water partition coefficient (Wildman–Crippen LogP) is 1.69. The molecule has 1 aromatic carbocycles. The van der Waals surface area contributed by atoms with Crippen LogP contribution in [-0.4, -0.2) is 67.8 Å². The Morgan fingerprint density at radius 3 is 2.61 bits per heavy atom. The number of aliphatic hydroxyl groups is 3. The number of rotatable bonds is 7. The van der Waals surface area contributed by atoms with Gasteiger partial charge in [-0.15, -0.1) is 0 Å². The van der Waals surface area contributed by atoms with Gasteiger partial charge in [-0.25, -0.2) is 4.98 Å². The molecule has 1 saturated carbocycles. The minimum Gasteiger partial charge on any atom is -0.395 e. The first-order valence-electron chi connectivity index (χ1n) is 11.3. The Morgan fingerprint density at radius 2 is 1.94 bits per heavy atom. The van der Waals surface area contributed by atoms with Crippen molar-refractivity contribution in [2.24, 2.45) is 17.8 Å². The third-order valence-corrected chi connectivity index (χ3v) is 6.69. The van der Waals surface area contributed by atoms with Crippen LogP contribution in [0.25, 0.3) is 11.3 Å². The van der Waals surface area contributed by atoms with Crippen LogP contribution in [0.2, 0.25) is 0 Å². The number of aromatic nitrogens is 3. The van der Waals surface area contributed by atoms with Crippen molar-refractivity contribution in [2.45, 2.75) is 19.1 Å². The minimum atomic E-state index is -0.760. The van der Waals surface area contributed by atoms with Gasteiger partial charge in [0.2, 0.25) is 0 Å². The van der Waals surface area contributed by atoms with Crippen LogP contribution in [0, 0.1) is 29.6 Å².